The Morgan fingerprint density at radius 1 is 0.870 bits per heavy atom. The first-order chi connectivity index (χ1) is 11.3. The fourth-order valence-corrected chi connectivity index (χ4v) is 1.90. The van der Waals surface area contributed by atoms with Crippen LogP contribution in [0.15, 0.2) is 84.7 Å². The minimum Gasteiger partial charge on any atom is -0.271 e. The molecular formula is C19H22N2O2. The molecule has 0 aliphatic carbocycles. The van der Waals surface area contributed by atoms with E-state index in [2.05, 4.69) is 17.5 Å². The van der Waals surface area contributed by atoms with Crippen molar-refractivity contribution in [2.75, 3.05) is 0 Å². The van der Waals surface area contributed by atoms with Crippen LogP contribution in [-0.2, 0) is 22.9 Å². The molecule has 2 N–H and O–H groups in total. The molecule has 0 fully saturated rings. The SMILES string of the molecule is C=C(NOCc1ccccc1)C(=CC)NOCc1ccccc1. The molecule has 0 unspecified atom stereocenters. The highest BCUT2D eigenvalue weighted by Gasteiger charge is 2.02. The predicted molar refractivity (Wildman–Crippen MR) is 91.6 cm³/mol. The number of nitrogens with one attached hydrogen (secondary N) is 2. The van der Waals surface area contributed by atoms with E-state index in [1.54, 1.807) is 0 Å². The van der Waals surface area contributed by atoms with Crippen LogP contribution in [0.1, 0.15) is 18.1 Å². The normalized spacial score (nSPS) is 11.1. The van der Waals surface area contributed by atoms with Crippen molar-refractivity contribution in [3.8, 4) is 0 Å². The largest absolute Gasteiger partial charge is 0.271 e. The molecule has 0 aliphatic rings. The maximum absolute atomic E-state index is 5.48. The fourth-order valence-electron chi connectivity index (χ4n) is 1.90. The Hall–Kier alpha value is -2.56. The summed E-state index contributed by atoms with van der Waals surface area (Å²) in [6.45, 7) is 6.77. The molecular weight excluding hydrogens is 288 g/mol. The van der Waals surface area contributed by atoms with Crippen LogP contribution in [0.3, 0.4) is 0 Å². The summed E-state index contributed by atoms with van der Waals surface area (Å²) in [5.41, 5.74) is 9.23. The number of hydroxylamine groups is 2. The van der Waals surface area contributed by atoms with Crippen molar-refractivity contribution >= 4 is 0 Å². The second kappa shape index (κ2) is 9.46. The van der Waals surface area contributed by atoms with E-state index in [1.807, 2.05) is 73.7 Å². The third-order valence-electron chi connectivity index (χ3n) is 3.15. The van der Waals surface area contributed by atoms with E-state index < -0.39 is 0 Å². The quantitative estimate of drug-likeness (QED) is 0.545. The number of hydrogen-bond donors (Lipinski definition) is 2. The Bertz CT molecular complexity index is 624. The zero-order chi connectivity index (χ0) is 16.3. The van der Waals surface area contributed by atoms with Crippen LogP contribution in [0, 0.1) is 0 Å². The number of benzene rings is 2. The van der Waals surface area contributed by atoms with Crippen LogP contribution in [0.4, 0.5) is 0 Å². The van der Waals surface area contributed by atoms with Gasteiger partial charge in [0.15, 0.2) is 0 Å². The van der Waals surface area contributed by atoms with Gasteiger partial charge in [-0.2, -0.15) is 0 Å². The zero-order valence-electron chi connectivity index (χ0n) is 13.3. The van der Waals surface area contributed by atoms with Crippen LogP contribution in [0.2, 0.25) is 0 Å². The van der Waals surface area contributed by atoms with Crippen LogP contribution >= 0.6 is 0 Å². The summed E-state index contributed by atoms with van der Waals surface area (Å²) in [4.78, 5) is 10.9. The maximum atomic E-state index is 5.48. The average Bonchev–Trinajstić information content (AvgIpc) is 2.60. The van der Waals surface area contributed by atoms with Gasteiger partial charge in [-0.3, -0.25) is 20.6 Å². The van der Waals surface area contributed by atoms with E-state index in [-0.39, 0.29) is 0 Å². The third kappa shape index (κ3) is 5.98. The molecule has 2 aromatic rings. The van der Waals surface area contributed by atoms with Gasteiger partial charge in [0.2, 0.25) is 0 Å². The summed E-state index contributed by atoms with van der Waals surface area (Å²) in [5.74, 6) is 0. The van der Waals surface area contributed by atoms with Gasteiger partial charge in [0, 0.05) is 0 Å². The molecule has 0 aliphatic heterocycles. The van der Waals surface area contributed by atoms with Crippen LogP contribution in [0.5, 0.6) is 0 Å². The lowest BCUT2D eigenvalue weighted by Gasteiger charge is -2.15. The Labute approximate surface area is 137 Å². The lowest BCUT2D eigenvalue weighted by atomic mass is 10.2. The standard InChI is InChI=1S/C19H22N2O2/c1-3-19(21-23-15-18-12-8-5-9-13-18)16(2)20-22-14-17-10-6-4-7-11-17/h3-13,20-21H,2,14-15H2,1H3. The van der Waals surface area contributed by atoms with Crippen molar-refractivity contribution in [2.24, 2.45) is 0 Å². The molecule has 4 heteroatoms. The Kier molecular flexibility index (Phi) is 6.91. The molecule has 0 spiro atoms. The van der Waals surface area contributed by atoms with Crippen molar-refractivity contribution in [2.45, 2.75) is 20.1 Å². The van der Waals surface area contributed by atoms with Crippen LogP contribution in [0.25, 0.3) is 0 Å². The summed E-state index contributed by atoms with van der Waals surface area (Å²) < 4.78 is 0. The van der Waals surface area contributed by atoms with Crippen molar-refractivity contribution in [1.82, 2.24) is 11.0 Å². The van der Waals surface area contributed by atoms with Crippen LogP contribution < -0.4 is 11.0 Å². The maximum Gasteiger partial charge on any atom is 0.0996 e. The number of allylic oxidation sites excluding steroid dienone is 1. The smallest absolute Gasteiger partial charge is 0.0996 e. The third-order valence-corrected chi connectivity index (χ3v) is 3.15. The van der Waals surface area contributed by atoms with Crippen molar-refractivity contribution in [1.29, 1.82) is 0 Å². The van der Waals surface area contributed by atoms with Gasteiger partial charge in [0.05, 0.1) is 24.6 Å². The highest BCUT2D eigenvalue weighted by Crippen LogP contribution is 2.05. The van der Waals surface area contributed by atoms with Gasteiger partial charge < -0.3 is 0 Å². The molecule has 0 saturated heterocycles. The first-order valence-corrected chi connectivity index (χ1v) is 7.48. The lowest BCUT2D eigenvalue weighted by Crippen LogP contribution is -2.23. The second-order valence-electron chi connectivity index (χ2n) is 4.93. The average molecular weight is 310 g/mol. The van der Waals surface area contributed by atoms with Crippen LogP contribution in [-0.4, -0.2) is 0 Å². The molecule has 23 heavy (non-hydrogen) atoms. The molecule has 0 radical (unpaired) electrons. The lowest BCUT2D eigenvalue weighted by molar-refractivity contribution is 0.0318. The first-order valence-electron chi connectivity index (χ1n) is 7.48. The van der Waals surface area contributed by atoms with E-state index in [0.717, 1.165) is 16.8 Å². The monoisotopic (exact) mass is 310 g/mol. The molecule has 0 aromatic heterocycles. The van der Waals surface area contributed by atoms with Gasteiger partial charge in [0.1, 0.15) is 0 Å². The van der Waals surface area contributed by atoms with Gasteiger partial charge in [-0.1, -0.05) is 73.3 Å². The molecule has 4 nitrogen and oxygen atoms in total. The summed E-state index contributed by atoms with van der Waals surface area (Å²) in [5, 5.41) is 0. The summed E-state index contributed by atoms with van der Waals surface area (Å²) in [6, 6.07) is 19.9. The van der Waals surface area contributed by atoms with E-state index in [1.165, 1.54) is 0 Å². The number of hydrogen-bond acceptors (Lipinski definition) is 4. The summed E-state index contributed by atoms with van der Waals surface area (Å²) in [6.07, 6.45) is 1.87. The first kappa shape index (κ1) is 16.8. The molecule has 0 bridgehead atoms. The Balaban J connectivity index is 1.71. The highest BCUT2D eigenvalue weighted by atomic mass is 16.7. The Morgan fingerprint density at radius 3 is 1.83 bits per heavy atom. The number of rotatable bonds is 9. The summed E-state index contributed by atoms with van der Waals surface area (Å²) in [7, 11) is 0. The minimum absolute atomic E-state index is 0.460. The molecule has 2 aromatic carbocycles. The van der Waals surface area contributed by atoms with Gasteiger partial charge in [-0.05, 0) is 18.1 Å². The van der Waals surface area contributed by atoms with Gasteiger partial charge in [-0.15, -0.1) is 0 Å². The minimum atomic E-state index is 0.460. The van der Waals surface area contributed by atoms with Gasteiger partial charge in [-0.25, -0.2) is 0 Å². The predicted octanol–water partition coefficient (Wildman–Crippen LogP) is 3.85. The zero-order valence-corrected chi connectivity index (χ0v) is 13.3. The van der Waals surface area contributed by atoms with Crippen molar-refractivity contribution in [3.05, 3.63) is 95.8 Å². The highest BCUT2D eigenvalue weighted by molar-refractivity contribution is 5.22. The van der Waals surface area contributed by atoms with E-state index >= 15 is 0 Å². The molecule has 0 heterocycles. The van der Waals surface area contributed by atoms with E-state index in [0.29, 0.717) is 18.9 Å². The fraction of sp³-hybridized carbons (Fsp3) is 0.158. The molecule has 0 saturated carbocycles. The van der Waals surface area contributed by atoms with Crippen molar-refractivity contribution < 1.29 is 9.68 Å². The Morgan fingerprint density at radius 2 is 1.35 bits per heavy atom. The summed E-state index contributed by atoms with van der Waals surface area (Å²) >= 11 is 0. The molecule has 120 valence electrons. The molecule has 0 atom stereocenters. The molecule has 2 rings (SSSR count). The van der Waals surface area contributed by atoms with E-state index in [9.17, 15) is 0 Å². The van der Waals surface area contributed by atoms with Crippen molar-refractivity contribution in [3.63, 3.8) is 0 Å². The topological polar surface area (TPSA) is 42.5 Å². The van der Waals surface area contributed by atoms with E-state index in [4.69, 9.17) is 9.68 Å². The molecule has 0 amide bonds. The van der Waals surface area contributed by atoms with Gasteiger partial charge in [0.25, 0.3) is 0 Å². The second-order valence-corrected chi connectivity index (χ2v) is 4.93. The van der Waals surface area contributed by atoms with Gasteiger partial charge >= 0.3 is 0 Å².